The molecular formula is C13H21NO2. The molecule has 0 saturated carbocycles. The fourth-order valence-electron chi connectivity index (χ4n) is 1.84. The summed E-state index contributed by atoms with van der Waals surface area (Å²) in [6, 6.07) is 10.1. The van der Waals surface area contributed by atoms with E-state index in [1.165, 1.54) is 0 Å². The molecule has 0 fully saturated rings. The Balaban J connectivity index is 2.79. The van der Waals surface area contributed by atoms with Gasteiger partial charge in [0.25, 0.3) is 0 Å². The lowest BCUT2D eigenvalue weighted by atomic mass is 9.88. The van der Waals surface area contributed by atoms with Gasteiger partial charge in [-0.2, -0.15) is 0 Å². The highest BCUT2D eigenvalue weighted by Crippen LogP contribution is 2.23. The number of hydrogen-bond acceptors (Lipinski definition) is 3. The van der Waals surface area contributed by atoms with Crippen molar-refractivity contribution in [3.05, 3.63) is 35.9 Å². The van der Waals surface area contributed by atoms with Crippen LogP contribution in [-0.4, -0.2) is 32.0 Å². The van der Waals surface area contributed by atoms with Crippen LogP contribution in [0.15, 0.2) is 30.3 Å². The molecule has 1 aromatic rings. The van der Waals surface area contributed by atoms with Crippen LogP contribution in [0.25, 0.3) is 0 Å². The van der Waals surface area contributed by atoms with Crippen molar-refractivity contribution in [3.8, 4) is 0 Å². The van der Waals surface area contributed by atoms with Gasteiger partial charge in [0.1, 0.15) is 0 Å². The Bertz CT molecular complexity index is 283. The first-order valence-corrected chi connectivity index (χ1v) is 5.69. The maximum atomic E-state index is 9.63. The standard InChI is InChI=1S/C13H21NO2/c1-3-13(11-15,14-9-10-16-2)12-7-5-4-6-8-12/h4-8,14-15H,3,9-11H2,1-2H3/t13-/m1/s1. The lowest BCUT2D eigenvalue weighted by Gasteiger charge is -2.32. The molecule has 0 aliphatic carbocycles. The Hall–Kier alpha value is -0.900. The molecule has 0 aromatic heterocycles. The molecule has 2 N–H and O–H groups in total. The largest absolute Gasteiger partial charge is 0.394 e. The zero-order valence-electron chi connectivity index (χ0n) is 10.1. The maximum Gasteiger partial charge on any atom is 0.0667 e. The van der Waals surface area contributed by atoms with E-state index in [9.17, 15) is 5.11 Å². The van der Waals surface area contributed by atoms with E-state index >= 15 is 0 Å². The highest BCUT2D eigenvalue weighted by Gasteiger charge is 2.28. The lowest BCUT2D eigenvalue weighted by Crippen LogP contribution is -2.46. The number of rotatable bonds is 7. The summed E-state index contributed by atoms with van der Waals surface area (Å²) in [5, 5.41) is 13.0. The molecule has 0 heterocycles. The minimum Gasteiger partial charge on any atom is -0.394 e. The van der Waals surface area contributed by atoms with Crippen molar-refractivity contribution in [2.24, 2.45) is 0 Å². The summed E-state index contributed by atoms with van der Waals surface area (Å²) in [6.45, 7) is 3.55. The maximum absolute atomic E-state index is 9.63. The molecule has 3 heteroatoms. The highest BCUT2D eigenvalue weighted by molar-refractivity contribution is 5.24. The molecule has 1 atom stereocenters. The zero-order valence-corrected chi connectivity index (χ0v) is 10.1. The monoisotopic (exact) mass is 223 g/mol. The minimum absolute atomic E-state index is 0.0945. The third-order valence-electron chi connectivity index (χ3n) is 2.97. The molecule has 0 amide bonds. The third kappa shape index (κ3) is 3.04. The predicted molar refractivity (Wildman–Crippen MR) is 65.4 cm³/mol. The van der Waals surface area contributed by atoms with Crippen molar-refractivity contribution >= 4 is 0 Å². The summed E-state index contributed by atoms with van der Waals surface area (Å²) in [7, 11) is 1.68. The van der Waals surface area contributed by atoms with Gasteiger partial charge in [0, 0.05) is 13.7 Å². The quantitative estimate of drug-likeness (QED) is 0.689. The average Bonchev–Trinajstić information content (AvgIpc) is 2.36. The van der Waals surface area contributed by atoms with Crippen LogP contribution in [0.5, 0.6) is 0 Å². The van der Waals surface area contributed by atoms with Gasteiger partial charge in [-0.25, -0.2) is 0 Å². The molecule has 0 bridgehead atoms. The molecule has 0 saturated heterocycles. The molecule has 1 aromatic carbocycles. The Morgan fingerprint density at radius 3 is 2.50 bits per heavy atom. The number of nitrogens with one attached hydrogen (secondary N) is 1. The minimum atomic E-state index is -0.347. The first-order valence-electron chi connectivity index (χ1n) is 5.69. The molecule has 0 aliphatic heterocycles. The van der Waals surface area contributed by atoms with E-state index in [-0.39, 0.29) is 12.1 Å². The molecule has 0 radical (unpaired) electrons. The third-order valence-corrected chi connectivity index (χ3v) is 2.97. The second-order valence-corrected chi connectivity index (χ2v) is 3.88. The lowest BCUT2D eigenvalue weighted by molar-refractivity contribution is 0.134. The van der Waals surface area contributed by atoms with Gasteiger partial charge in [-0.1, -0.05) is 37.3 Å². The fourth-order valence-corrected chi connectivity index (χ4v) is 1.84. The second kappa shape index (κ2) is 6.63. The van der Waals surface area contributed by atoms with Crippen LogP contribution in [0.4, 0.5) is 0 Å². The van der Waals surface area contributed by atoms with Crippen molar-refractivity contribution in [1.82, 2.24) is 5.32 Å². The normalized spacial score (nSPS) is 14.7. The van der Waals surface area contributed by atoms with Crippen molar-refractivity contribution in [2.75, 3.05) is 26.9 Å². The number of methoxy groups -OCH3 is 1. The Morgan fingerprint density at radius 1 is 1.31 bits per heavy atom. The van der Waals surface area contributed by atoms with E-state index in [0.717, 1.165) is 18.5 Å². The molecule has 16 heavy (non-hydrogen) atoms. The van der Waals surface area contributed by atoms with Gasteiger partial charge in [0.05, 0.1) is 18.8 Å². The molecule has 0 spiro atoms. The number of ether oxygens (including phenoxy) is 1. The zero-order chi connectivity index (χ0) is 11.9. The smallest absolute Gasteiger partial charge is 0.0667 e. The second-order valence-electron chi connectivity index (χ2n) is 3.88. The van der Waals surface area contributed by atoms with E-state index in [1.807, 2.05) is 30.3 Å². The highest BCUT2D eigenvalue weighted by atomic mass is 16.5. The molecule has 0 aliphatic rings. The molecule has 0 unspecified atom stereocenters. The Kier molecular flexibility index (Phi) is 5.46. The average molecular weight is 223 g/mol. The summed E-state index contributed by atoms with van der Waals surface area (Å²) >= 11 is 0. The molecular weight excluding hydrogens is 202 g/mol. The van der Waals surface area contributed by atoms with Gasteiger partial charge in [-0.15, -0.1) is 0 Å². The van der Waals surface area contributed by atoms with Crippen LogP contribution in [0.3, 0.4) is 0 Å². The summed E-state index contributed by atoms with van der Waals surface area (Å²) in [5.41, 5.74) is 0.774. The van der Waals surface area contributed by atoms with Gasteiger partial charge >= 0.3 is 0 Å². The van der Waals surface area contributed by atoms with Crippen LogP contribution in [0.1, 0.15) is 18.9 Å². The van der Waals surface area contributed by atoms with E-state index < -0.39 is 0 Å². The van der Waals surface area contributed by atoms with Crippen molar-refractivity contribution in [1.29, 1.82) is 0 Å². The van der Waals surface area contributed by atoms with Crippen LogP contribution in [0.2, 0.25) is 0 Å². The fraction of sp³-hybridized carbons (Fsp3) is 0.538. The Labute approximate surface area is 97.4 Å². The topological polar surface area (TPSA) is 41.5 Å². The predicted octanol–water partition coefficient (Wildman–Crippen LogP) is 1.52. The summed E-state index contributed by atoms with van der Waals surface area (Å²) < 4.78 is 5.02. The van der Waals surface area contributed by atoms with Crippen LogP contribution in [-0.2, 0) is 10.3 Å². The van der Waals surface area contributed by atoms with Gasteiger partial charge < -0.3 is 15.2 Å². The van der Waals surface area contributed by atoms with Crippen LogP contribution in [0, 0.1) is 0 Å². The SMILES string of the molecule is CC[C@](CO)(NCCOC)c1ccccc1. The van der Waals surface area contributed by atoms with E-state index in [2.05, 4.69) is 12.2 Å². The van der Waals surface area contributed by atoms with Gasteiger partial charge in [-0.05, 0) is 12.0 Å². The number of hydrogen-bond donors (Lipinski definition) is 2. The molecule has 1 rings (SSSR count). The van der Waals surface area contributed by atoms with Crippen LogP contribution < -0.4 is 5.32 Å². The van der Waals surface area contributed by atoms with Gasteiger partial charge in [0.2, 0.25) is 0 Å². The first kappa shape index (κ1) is 13.2. The van der Waals surface area contributed by atoms with E-state index in [0.29, 0.717) is 6.61 Å². The molecule has 3 nitrogen and oxygen atoms in total. The summed E-state index contributed by atoms with van der Waals surface area (Å²) in [5.74, 6) is 0. The summed E-state index contributed by atoms with van der Waals surface area (Å²) in [4.78, 5) is 0. The number of benzene rings is 1. The van der Waals surface area contributed by atoms with Crippen molar-refractivity contribution < 1.29 is 9.84 Å². The molecule has 90 valence electrons. The van der Waals surface area contributed by atoms with Crippen molar-refractivity contribution in [2.45, 2.75) is 18.9 Å². The van der Waals surface area contributed by atoms with Gasteiger partial charge in [-0.3, -0.25) is 0 Å². The first-order chi connectivity index (χ1) is 7.79. The number of aliphatic hydroxyl groups excluding tert-OH is 1. The van der Waals surface area contributed by atoms with E-state index in [1.54, 1.807) is 7.11 Å². The number of aliphatic hydroxyl groups is 1. The van der Waals surface area contributed by atoms with Crippen molar-refractivity contribution in [3.63, 3.8) is 0 Å². The van der Waals surface area contributed by atoms with E-state index in [4.69, 9.17) is 4.74 Å². The Morgan fingerprint density at radius 2 is 2.00 bits per heavy atom. The van der Waals surface area contributed by atoms with Gasteiger partial charge in [0.15, 0.2) is 0 Å². The summed E-state index contributed by atoms with van der Waals surface area (Å²) in [6.07, 6.45) is 0.844. The van der Waals surface area contributed by atoms with Crippen LogP contribution >= 0.6 is 0 Å².